The Morgan fingerprint density at radius 1 is 1.79 bits per heavy atom. The summed E-state index contributed by atoms with van der Waals surface area (Å²) in [5.41, 5.74) is -0.938. The maximum absolute atomic E-state index is 11.8. The maximum Gasteiger partial charge on any atom is 0.265 e. The van der Waals surface area contributed by atoms with E-state index in [-0.39, 0.29) is 11.7 Å². The second-order valence-electron chi connectivity index (χ2n) is 3.11. The lowest BCUT2D eigenvalue weighted by Gasteiger charge is -2.23. The van der Waals surface area contributed by atoms with E-state index in [1.807, 2.05) is 0 Å². The SMILES string of the molecule is CC[C@](C)(NC=O)C(=O)c1ncco1. The van der Waals surface area contributed by atoms with Crippen molar-refractivity contribution >= 4 is 12.2 Å². The molecule has 5 nitrogen and oxygen atoms in total. The summed E-state index contributed by atoms with van der Waals surface area (Å²) >= 11 is 0. The normalized spacial score (nSPS) is 14.4. The summed E-state index contributed by atoms with van der Waals surface area (Å²) in [7, 11) is 0. The van der Waals surface area contributed by atoms with Gasteiger partial charge in [-0.25, -0.2) is 4.98 Å². The number of Topliss-reactive ketones (excluding diaryl/α,β-unsaturated/α-hetero) is 1. The number of hydrogen-bond acceptors (Lipinski definition) is 4. The van der Waals surface area contributed by atoms with Crippen LogP contribution in [0, 0.1) is 0 Å². The van der Waals surface area contributed by atoms with E-state index in [2.05, 4.69) is 10.3 Å². The topological polar surface area (TPSA) is 72.2 Å². The number of rotatable bonds is 5. The lowest BCUT2D eigenvalue weighted by Crippen LogP contribution is -2.48. The van der Waals surface area contributed by atoms with Crippen LogP contribution in [0.2, 0.25) is 0 Å². The molecule has 1 heterocycles. The van der Waals surface area contributed by atoms with Crippen molar-refractivity contribution in [2.45, 2.75) is 25.8 Å². The Morgan fingerprint density at radius 3 is 2.93 bits per heavy atom. The molecule has 1 N–H and O–H groups in total. The molecule has 0 aliphatic rings. The first-order valence-corrected chi connectivity index (χ1v) is 4.29. The summed E-state index contributed by atoms with van der Waals surface area (Å²) in [6, 6.07) is 0. The first-order valence-electron chi connectivity index (χ1n) is 4.29. The molecule has 0 aliphatic carbocycles. The Bertz CT molecular complexity index is 321. The van der Waals surface area contributed by atoms with Crippen molar-refractivity contribution in [2.75, 3.05) is 0 Å². The zero-order chi connectivity index (χ0) is 10.6. The van der Waals surface area contributed by atoms with Gasteiger partial charge < -0.3 is 9.73 Å². The molecule has 0 aliphatic heterocycles. The standard InChI is InChI=1S/C9H12N2O3/c1-3-9(2,11-6-12)7(13)8-10-4-5-14-8/h4-6H,3H2,1-2H3,(H,11,12)/t9-/m0/s1. The second kappa shape index (κ2) is 4.04. The van der Waals surface area contributed by atoms with Gasteiger partial charge in [-0.15, -0.1) is 0 Å². The van der Waals surface area contributed by atoms with Gasteiger partial charge in [0, 0.05) is 0 Å². The molecule has 0 spiro atoms. The van der Waals surface area contributed by atoms with Crippen molar-refractivity contribution < 1.29 is 14.0 Å². The van der Waals surface area contributed by atoms with E-state index in [0.29, 0.717) is 12.8 Å². The molecular weight excluding hydrogens is 184 g/mol. The highest BCUT2D eigenvalue weighted by atomic mass is 16.3. The molecule has 5 heteroatoms. The van der Waals surface area contributed by atoms with Crippen LogP contribution in [-0.2, 0) is 4.79 Å². The monoisotopic (exact) mass is 196 g/mol. The summed E-state index contributed by atoms with van der Waals surface area (Å²) in [4.78, 5) is 25.9. The molecule has 0 radical (unpaired) electrons. The van der Waals surface area contributed by atoms with Crippen LogP contribution in [-0.4, -0.2) is 22.7 Å². The largest absolute Gasteiger partial charge is 0.442 e. The van der Waals surface area contributed by atoms with Crippen LogP contribution in [0.1, 0.15) is 31.0 Å². The van der Waals surface area contributed by atoms with Crippen molar-refractivity contribution in [1.29, 1.82) is 0 Å². The van der Waals surface area contributed by atoms with Crippen LogP contribution < -0.4 is 5.32 Å². The highest BCUT2D eigenvalue weighted by Crippen LogP contribution is 2.15. The summed E-state index contributed by atoms with van der Waals surface area (Å²) in [6.45, 7) is 3.44. The van der Waals surface area contributed by atoms with Crippen LogP contribution in [0.25, 0.3) is 0 Å². The van der Waals surface area contributed by atoms with Crippen molar-refractivity contribution in [3.63, 3.8) is 0 Å². The Balaban J connectivity index is 2.90. The molecular formula is C9H12N2O3. The number of nitrogens with one attached hydrogen (secondary N) is 1. The van der Waals surface area contributed by atoms with Crippen molar-refractivity contribution in [2.24, 2.45) is 0 Å². The van der Waals surface area contributed by atoms with Gasteiger partial charge in [-0.05, 0) is 13.3 Å². The highest BCUT2D eigenvalue weighted by molar-refractivity contribution is 6.00. The molecule has 1 rings (SSSR count). The van der Waals surface area contributed by atoms with E-state index in [4.69, 9.17) is 4.42 Å². The third-order valence-corrected chi connectivity index (χ3v) is 2.21. The van der Waals surface area contributed by atoms with E-state index in [1.165, 1.54) is 12.5 Å². The summed E-state index contributed by atoms with van der Waals surface area (Å²) in [5, 5.41) is 2.47. The zero-order valence-electron chi connectivity index (χ0n) is 8.11. The van der Waals surface area contributed by atoms with Crippen molar-refractivity contribution in [3.05, 3.63) is 18.4 Å². The number of ketones is 1. The van der Waals surface area contributed by atoms with E-state index in [0.717, 1.165) is 0 Å². The van der Waals surface area contributed by atoms with E-state index < -0.39 is 5.54 Å². The van der Waals surface area contributed by atoms with Crippen LogP contribution in [0.5, 0.6) is 0 Å². The Morgan fingerprint density at radius 2 is 2.50 bits per heavy atom. The number of hydrogen-bond donors (Lipinski definition) is 1. The average Bonchev–Trinajstić information content (AvgIpc) is 2.69. The van der Waals surface area contributed by atoms with Gasteiger partial charge in [0.15, 0.2) is 0 Å². The van der Waals surface area contributed by atoms with Gasteiger partial charge in [0.05, 0.1) is 6.20 Å². The Kier molecular flexibility index (Phi) is 3.01. The number of carbonyl (C=O) groups is 2. The van der Waals surface area contributed by atoms with Gasteiger partial charge in [0.2, 0.25) is 12.2 Å². The number of amides is 1. The van der Waals surface area contributed by atoms with E-state index >= 15 is 0 Å². The quantitative estimate of drug-likeness (QED) is 0.557. The second-order valence-corrected chi connectivity index (χ2v) is 3.11. The molecule has 0 saturated heterocycles. The molecule has 0 saturated carbocycles. The predicted octanol–water partition coefficient (Wildman–Crippen LogP) is 0.772. The summed E-state index contributed by atoms with van der Waals surface area (Å²) < 4.78 is 4.87. The summed E-state index contributed by atoms with van der Waals surface area (Å²) in [6.07, 6.45) is 3.70. The van der Waals surface area contributed by atoms with Gasteiger partial charge >= 0.3 is 0 Å². The number of nitrogens with zero attached hydrogens (tertiary/aromatic N) is 1. The third-order valence-electron chi connectivity index (χ3n) is 2.21. The minimum absolute atomic E-state index is 0.0173. The van der Waals surface area contributed by atoms with Crippen molar-refractivity contribution in [3.8, 4) is 0 Å². The molecule has 76 valence electrons. The van der Waals surface area contributed by atoms with Gasteiger partial charge in [-0.2, -0.15) is 0 Å². The lowest BCUT2D eigenvalue weighted by molar-refractivity contribution is -0.110. The fraction of sp³-hybridized carbons (Fsp3) is 0.444. The van der Waals surface area contributed by atoms with Crippen LogP contribution >= 0.6 is 0 Å². The fourth-order valence-electron chi connectivity index (χ4n) is 1.03. The highest BCUT2D eigenvalue weighted by Gasteiger charge is 2.34. The third kappa shape index (κ3) is 1.81. The average molecular weight is 196 g/mol. The molecule has 1 atom stereocenters. The van der Waals surface area contributed by atoms with Crippen LogP contribution in [0.3, 0.4) is 0 Å². The van der Waals surface area contributed by atoms with Crippen LogP contribution in [0.4, 0.5) is 0 Å². The fourth-order valence-corrected chi connectivity index (χ4v) is 1.03. The molecule has 1 amide bonds. The van der Waals surface area contributed by atoms with Crippen LogP contribution in [0.15, 0.2) is 16.9 Å². The zero-order valence-corrected chi connectivity index (χ0v) is 8.11. The molecule has 0 fully saturated rings. The molecule has 0 bridgehead atoms. The molecule has 0 aromatic carbocycles. The molecule has 1 aromatic rings. The lowest BCUT2D eigenvalue weighted by atomic mass is 9.93. The smallest absolute Gasteiger partial charge is 0.265 e. The first-order chi connectivity index (χ1) is 6.64. The number of oxazole rings is 1. The number of carbonyl (C=O) groups excluding carboxylic acids is 2. The van der Waals surface area contributed by atoms with E-state index in [9.17, 15) is 9.59 Å². The molecule has 1 aromatic heterocycles. The maximum atomic E-state index is 11.8. The minimum atomic E-state index is -0.938. The van der Waals surface area contributed by atoms with Gasteiger partial charge in [-0.3, -0.25) is 9.59 Å². The van der Waals surface area contributed by atoms with Gasteiger partial charge in [0.25, 0.3) is 5.89 Å². The van der Waals surface area contributed by atoms with Crippen molar-refractivity contribution in [1.82, 2.24) is 10.3 Å². The van der Waals surface area contributed by atoms with Gasteiger partial charge in [0.1, 0.15) is 11.8 Å². The predicted molar refractivity (Wildman–Crippen MR) is 48.7 cm³/mol. The minimum Gasteiger partial charge on any atom is -0.442 e. The molecule has 0 unspecified atom stereocenters. The van der Waals surface area contributed by atoms with E-state index in [1.54, 1.807) is 13.8 Å². The summed E-state index contributed by atoms with van der Waals surface area (Å²) in [5.74, 6) is -0.305. The molecule has 14 heavy (non-hydrogen) atoms. The first kappa shape index (κ1) is 10.4. The number of aromatic nitrogens is 1. The Labute approximate surface area is 81.5 Å². The Hall–Kier alpha value is -1.65. The van der Waals surface area contributed by atoms with Gasteiger partial charge in [-0.1, -0.05) is 6.92 Å².